The fraction of sp³-hybridized carbons (Fsp3) is 0.300. The quantitative estimate of drug-likeness (QED) is 0.580. The molecule has 0 aliphatic rings. The molecule has 116 valence electrons. The first-order chi connectivity index (χ1) is 10.5. The normalized spacial score (nSPS) is 11.6. The zero-order valence-corrected chi connectivity index (χ0v) is 15.8. The van der Waals surface area contributed by atoms with Gasteiger partial charge in [-0.05, 0) is 34.9 Å². The van der Waals surface area contributed by atoms with Crippen molar-refractivity contribution in [1.82, 2.24) is 0 Å². The lowest BCUT2D eigenvalue weighted by molar-refractivity contribution is 1.02. The fourth-order valence-corrected chi connectivity index (χ4v) is 10.1. The van der Waals surface area contributed by atoms with E-state index in [0.717, 1.165) is 0 Å². The molecule has 0 aliphatic heterocycles. The van der Waals surface area contributed by atoms with Crippen LogP contribution in [-0.2, 0) is 0 Å². The topological polar surface area (TPSA) is 0 Å². The van der Waals surface area contributed by atoms with E-state index in [9.17, 15) is 0 Å². The van der Waals surface area contributed by atoms with Crippen LogP contribution in [0, 0.1) is 0 Å². The minimum atomic E-state index is -0.482. The smallest absolute Gasteiger partial charge is 0.0136 e. The summed E-state index contributed by atoms with van der Waals surface area (Å²) in [5, 5.41) is 4.30. The maximum absolute atomic E-state index is 4.61. The summed E-state index contributed by atoms with van der Waals surface area (Å²) < 4.78 is 0. The van der Waals surface area contributed by atoms with E-state index in [0.29, 0.717) is 11.3 Å². The number of hydrogen-bond acceptors (Lipinski definition) is 0. The van der Waals surface area contributed by atoms with Crippen molar-refractivity contribution >= 4 is 26.5 Å². The lowest BCUT2D eigenvalue weighted by Gasteiger charge is -2.33. The molecule has 0 saturated carbocycles. The molecule has 2 aromatic carbocycles. The lowest BCUT2D eigenvalue weighted by Crippen LogP contribution is -2.15. The molecule has 2 heteroatoms. The SMILES string of the molecule is C=C(P(c1ccccc1)c1ccccc1)P(C(C)C)C(C)C. The van der Waals surface area contributed by atoms with Gasteiger partial charge in [-0.1, -0.05) is 103 Å². The Hall–Kier alpha value is -0.960. The second-order valence-electron chi connectivity index (χ2n) is 6.02. The minimum absolute atomic E-state index is 0.192. The summed E-state index contributed by atoms with van der Waals surface area (Å²) in [5.74, 6) is 0. The molecule has 0 radical (unpaired) electrons. The summed E-state index contributed by atoms with van der Waals surface area (Å²) in [6.45, 7) is 14.0. The molecule has 0 fully saturated rings. The Bertz CT molecular complexity index is 540. The van der Waals surface area contributed by atoms with E-state index in [4.69, 9.17) is 0 Å². The molecule has 0 spiro atoms. The summed E-state index contributed by atoms with van der Waals surface area (Å²) in [4.78, 5) is 0. The highest BCUT2D eigenvalue weighted by Gasteiger charge is 2.27. The Morgan fingerprint density at radius 2 is 1.09 bits per heavy atom. The largest absolute Gasteiger partial charge is 0.0902 e. The molecule has 0 bridgehead atoms. The van der Waals surface area contributed by atoms with E-state index >= 15 is 0 Å². The van der Waals surface area contributed by atoms with Crippen LogP contribution < -0.4 is 10.6 Å². The fourth-order valence-electron chi connectivity index (χ4n) is 2.91. The van der Waals surface area contributed by atoms with Crippen molar-refractivity contribution < 1.29 is 0 Å². The van der Waals surface area contributed by atoms with Crippen molar-refractivity contribution in [2.75, 3.05) is 0 Å². The molecular formula is C20H26P2. The number of benzene rings is 2. The van der Waals surface area contributed by atoms with E-state index in [2.05, 4.69) is 94.9 Å². The van der Waals surface area contributed by atoms with Gasteiger partial charge in [0, 0.05) is 0 Å². The van der Waals surface area contributed by atoms with Gasteiger partial charge in [0.1, 0.15) is 0 Å². The van der Waals surface area contributed by atoms with Crippen LogP contribution >= 0.6 is 15.8 Å². The van der Waals surface area contributed by atoms with Crippen LogP contribution in [0.1, 0.15) is 27.7 Å². The molecule has 0 heterocycles. The first-order valence-electron chi connectivity index (χ1n) is 7.90. The van der Waals surface area contributed by atoms with E-state index in [1.54, 1.807) is 0 Å². The number of hydrogen-bond donors (Lipinski definition) is 0. The van der Waals surface area contributed by atoms with E-state index < -0.39 is 7.92 Å². The molecule has 22 heavy (non-hydrogen) atoms. The maximum atomic E-state index is 4.61. The molecule has 0 nitrogen and oxygen atoms in total. The summed E-state index contributed by atoms with van der Waals surface area (Å²) in [5.41, 5.74) is 1.36. The highest BCUT2D eigenvalue weighted by atomic mass is 31.2. The third-order valence-corrected chi connectivity index (χ3v) is 9.96. The van der Waals surface area contributed by atoms with Crippen LogP contribution in [-0.4, -0.2) is 11.3 Å². The van der Waals surface area contributed by atoms with E-state index in [1.807, 2.05) is 0 Å². The highest BCUT2D eigenvalue weighted by Crippen LogP contribution is 2.64. The van der Waals surface area contributed by atoms with Crippen molar-refractivity contribution in [2.45, 2.75) is 39.0 Å². The minimum Gasteiger partial charge on any atom is -0.0902 e. The molecule has 0 atom stereocenters. The summed E-state index contributed by atoms with van der Waals surface area (Å²) in [7, 11) is -0.674. The first-order valence-corrected chi connectivity index (χ1v) is 10.7. The van der Waals surface area contributed by atoms with Crippen LogP contribution in [0.5, 0.6) is 0 Å². The van der Waals surface area contributed by atoms with Gasteiger partial charge in [-0.25, -0.2) is 0 Å². The van der Waals surface area contributed by atoms with Gasteiger partial charge < -0.3 is 0 Å². The Morgan fingerprint density at radius 1 is 0.727 bits per heavy atom. The van der Waals surface area contributed by atoms with Crippen molar-refractivity contribution in [3.05, 3.63) is 72.3 Å². The second kappa shape index (κ2) is 8.05. The van der Waals surface area contributed by atoms with E-state index in [1.165, 1.54) is 15.7 Å². The molecular weight excluding hydrogens is 302 g/mol. The Kier molecular flexibility index (Phi) is 6.37. The maximum Gasteiger partial charge on any atom is -0.0136 e. The molecule has 2 rings (SSSR count). The van der Waals surface area contributed by atoms with Gasteiger partial charge in [0.2, 0.25) is 0 Å². The number of rotatable bonds is 6. The zero-order valence-electron chi connectivity index (χ0n) is 14.0. The summed E-state index contributed by atoms with van der Waals surface area (Å²) >= 11 is 0. The monoisotopic (exact) mass is 328 g/mol. The van der Waals surface area contributed by atoms with Gasteiger partial charge >= 0.3 is 0 Å². The molecule has 0 aliphatic carbocycles. The Labute approximate surface area is 138 Å². The molecule has 0 N–H and O–H groups in total. The lowest BCUT2D eigenvalue weighted by atomic mass is 10.4. The molecule has 0 unspecified atom stereocenters. The average molecular weight is 328 g/mol. The van der Waals surface area contributed by atoms with Gasteiger partial charge in [-0.2, -0.15) is 0 Å². The van der Waals surface area contributed by atoms with Gasteiger partial charge in [-0.3, -0.25) is 0 Å². The van der Waals surface area contributed by atoms with Crippen molar-refractivity contribution in [3.63, 3.8) is 0 Å². The predicted octanol–water partition coefficient (Wildman–Crippen LogP) is 5.89. The van der Waals surface area contributed by atoms with Crippen LogP contribution in [0.4, 0.5) is 0 Å². The van der Waals surface area contributed by atoms with Crippen molar-refractivity contribution in [2.24, 2.45) is 0 Å². The van der Waals surface area contributed by atoms with Gasteiger partial charge in [0.25, 0.3) is 0 Å². The van der Waals surface area contributed by atoms with Crippen molar-refractivity contribution in [3.8, 4) is 0 Å². The van der Waals surface area contributed by atoms with Crippen LogP contribution in [0.15, 0.2) is 72.3 Å². The van der Waals surface area contributed by atoms with Gasteiger partial charge in [-0.15, -0.1) is 0 Å². The molecule has 0 saturated heterocycles. The Morgan fingerprint density at radius 3 is 1.41 bits per heavy atom. The average Bonchev–Trinajstić information content (AvgIpc) is 2.49. The third-order valence-electron chi connectivity index (χ3n) is 3.70. The van der Waals surface area contributed by atoms with Crippen LogP contribution in [0.2, 0.25) is 0 Å². The van der Waals surface area contributed by atoms with Crippen LogP contribution in [0.25, 0.3) is 0 Å². The highest BCUT2D eigenvalue weighted by molar-refractivity contribution is 7.89. The van der Waals surface area contributed by atoms with Crippen LogP contribution in [0.3, 0.4) is 0 Å². The van der Waals surface area contributed by atoms with Gasteiger partial charge in [0.05, 0.1) is 0 Å². The second-order valence-corrected chi connectivity index (χ2v) is 12.0. The first kappa shape index (κ1) is 17.4. The summed E-state index contributed by atoms with van der Waals surface area (Å²) in [6, 6.07) is 21.8. The predicted molar refractivity (Wildman–Crippen MR) is 105 cm³/mol. The molecule has 0 aromatic heterocycles. The Balaban J connectivity index is 2.47. The summed E-state index contributed by atoms with van der Waals surface area (Å²) in [6.07, 6.45) is 0. The van der Waals surface area contributed by atoms with Gasteiger partial charge in [0.15, 0.2) is 0 Å². The molecule has 2 aromatic rings. The van der Waals surface area contributed by atoms with E-state index in [-0.39, 0.29) is 7.92 Å². The standard InChI is InChI=1S/C20H26P2/c1-16(2)21(17(3)4)18(5)22(19-12-8-6-9-13-19)20-14-10-7-11-15-20/h6-17H,5H2,1-4H3. The third kappa shape index (κ3) is 4.07. The zero-order chi connectivity index (χ0) is 16.1. The molecule has 0 amide bonds. The van der Waals surface area contributed by atoms with Crippen molar-refractivity contribution in [1.29, 1.82) is 0 Å².